The Morgan fingerprint density at radius 2 is 2.60 bits per heavy atom. The number of hydrogen-bond donors (Lipinski definition) is 2. The molecule has 0 saturated heterocycles. The van der Waals surface area contributed by atoms with E-state index in [4.69, 9.17) is 4.74 Å². The Morgan fingerprint density at radius 3 is 3.27 bits per heavy atom. The van der Waals surface area contributed by atoms with Gasteiger partial charge in [-0.25, -0.2) is 9.79 Å². The van der Waals surface area contributed by atoms with Gasteiger partial charge in [0.2, 0.25) is 0 Å². The van der Waals surface area contributed by atoms with E-state index >= 15 is 0 Å². The summed E-state index contributed by atoms with van der Waals surface area (Å²) < 4.78 is 6.37. The van der Waals surface area contributed by atoms with Gasteiger partial charge in [0.15, 0.2) is 6.23 Å². The zero-order valence-electron chi connectivity index (χ0n) is 8.17. The van der Waals surface area contributed by atoms with E-state index < -0.39 is 12.2 Å². The minimum Gasteiger partial charge on any atom is -0.462 e. The summed E-state index contributed by atoms with van der Waals surface area (Å²) >= 11 is 0. The molecule has 6 heteroatoms. The molecule has 1 atom stereocenters. The average Bonchev–Trinajstić information content (AvgIpc) is 2.63. The molecular weight excluding hydrogens is 198 g/mol. The summed E-state index contributed by atoms with van der Waals surface area (Å²) in [5.74, 6) is -0.409. The van der Waals surface area contributed by atoms with E-state index in [-0.39, 0.29) is 0 Å². The molecule has 15 heavy (non-hydrogen) atoms. The first-order chi connectivity index (χ1) is 7.22. The zero-order chi connectivity index (χ0) is 10.8. The Bertz CT molecular complexity index is 411. The van der Waals surface area contributed by atoms with E-state index in [0.717, 1.165) is 0 Å². The number of aliphatic imine (C=N–C) groups is 1. The van der Waals surface area contributed by atoms with E-state index in [9.17, 15) is 9.90 Å². The molecule has 0 unspecified atom stereocenters. The van der Waals surface area contributed by atoms with Gasteiger partial charge in [-0.1, -0.05) is 0 Å². The standard InChI is InChI=1S/C9H11N3O3/c1-2-15-9(14)6-3-7-8(13)10-5-11-12(7)4-6/h3-5,8,13H,2H2,1H3,(H,10,11)/t8-/m0/s1. The van der Waals surface area contributed by atoms with Crippen LogP contribution in [0.3, 0.4) is 0 Å². The monoisotopic (exact) mass is 209 g/mol. The minimum absolute atomic E-state index is 0.325. The van der Waals surface area contributed by atoms with Crippen molar-refractivity contribution in [1.29, 1.82) is 0 Å². The van der Waals surface area contributed by atoms with Crippen LogP contribution in [0.4, 0.5) is 0 Å². The molecular formula is C9H11N3O3. The molecule has 6 nitrogen and oxygen atoms in total. The lowest BCUT2D eigenvalue weighted by atomic mass is 10.3. The van der Waals surface area contributed by atoms with Gasteiger partial charge in [0, 0.05) is 6.20 Å². The zero-order valence-corrected chi connectivity index (χ0v) is 8.17. The summed E-state index contributed by atoms with van der Waals surface area (Å²) in [4.78, 5) is 15.1. The number of carbonyl (C=O) groups is 1. The Morgan fingerprint density at radius 1 is 1.80 bits per heavy atom. The van der Waals surface area contributed by atoms with Crippen LogP contribution in [-0.2, 0) is 4.74 Å². The third kappa shape index (κ3) is 1.71. The molecule has 0 amide bonds. The number of esters is 1. The number of nitrogens with zero attached hydrogens (tertiary/aromatic N) is 2. The topological polar surface area (TPSA) is 75.8 Å². The summed E-state index contributed by atoms with van der Waals surface area (Å²) in [6.45, 7) is 2.07. The largest absolute Gasteiger partial charge is 0.462 e. The van der Waals surface area contributed by atoms with E-state index in [1.165, 1.54) is 11.0 Å². The molecule has 0 saturated carbocycles. The van der Waals surface area contributed by atoms with Gasteiger partial charge in [-0.3, -0.25) is 10.1 Å². The summed E-state index contributed by atoms with van der Waals surface area (Å²) in [6, 6.07) is 1.55. The SMILES string of the molecule is CCOC(=O)c1cc2n(c1)NC=N[C@H]2O. The molecule has 0 radical (unpaired) electrons. The normalized spacial score (nSPS) is 18.1. The van der Waals surface area contributed by atoms with Crippen LogP contribution in [0.2, 0.25) is 0 Å². The highest BCUT2D eigenvalue weighted by molar-refractivity contribution is 5.89. The van der Waals surface area contributed by atoms with Gasteiger partial charge in [0.1, 0.15) is 6.34 Å². The molecule has 80 valence electrons. The molecule has 2 rings (SSSR count). The van der Waals surface area contributed by atoms with Gasteiger partial charge >= 0.3 is 5.97 Å². The average molecular weight is 209 g/mol. The van der Waals surface area contributed by atoms with Crippen LogP contribution in [0, 0.1) is 0 Å². The first kappa shape index (κ1) is 9.72. The number of aliphatic hydroxyl groups excluding tert-OH is 1. The molecule has 0 bridgehead atoms. The number of hydrogen-bond acceptors (Lipinski definition) is 5. The quantitative estimate of drug-likeness (QED) is 0.684. The predicted octanol–water partition coefficient (Wildman–Crippen LogP) is 0.241. The van der Waals surface area contributed by atoms with Crippen molar-refractivity contribution in [2.75, 3.05) is 12.0 Å². The Hall–Kier alpha value is -1.82. The van der Waals surface area contributed by atoms with E-state index in [0.29, 0.717) is 17.9 Å². The lowest BCUT2D eigenvalue weighted by Gasteiger charge is -2.14. The molecule has 2 N–H and O–H groups in total. The van der Waals surface area contributed by atoms with Crippen LogP contribution in [0.15, 0.2) is 17.3 Å². The Balaban J connectivity index is 2.27. The van der Waals surface area contributed by atoms with Gasteiger partial charge in [0.05, 0.1) is 17.9 Å². The summed E-state index contributed by atoms with van der Waals surface area (Å²) in [7, 11) is 0. The lowest BCUT2D eigenvalue weighted by molar-refractivity contribution is 0.0526. The van der Waals surface area contributed by atoms with Gasteiger partial charge < -0.3 is 9.84 Å². The summed E-state index contributed by atoms with van der Waals surface area (Å²) in [5.41, 5.74) is 3.67. The highest BCUT2D eigenvalue weighted by atomic mass is 16.5. The number of rotatable bonds is 2. The third-order valence-electron chi connectivity index (χ3n) is 2.04. The van der Waals surface area contributed by atoms with Crippen molar-refractivity contribution in [3.05, 3.63) is 23.5 Å². The molecule has 0 aliphatic carbocycles. The van der Waals surface area contributed by atoms with Crippen molar-refractivity contribution in [3.63, 3.8) is 0 Å². The summed E-state index contributed by atoms with van der Waals surface area (Å²) in [6.07, 6.45) is 1.99. The van der Waals surface area contributed by atoms with Crippen LogP contribution in [-0.4, -0.2) is 28.7 Å². The minimum atomic E-state index is -0.936. The number of aromatic nitrogens is 1. The lowest BCUT2D eigenvalue weighted by Crippen LogP contribution is -2.21. The van der Waals surface area contributed by atoms with Crippen molar-refractivity contribution in [1.82, 2.24) is 4.68 Å². The van der Waals surface area contributed by atoms with Gasteiger partial charge in [0.25, 0.3) is 0 Å². The van der Waals surface area contributed by atoms with Crippen molar-refractivity contribution in [2.45, 2.75) is 13.2 Å². The van der Waals surface area contributed by atoms with Gasteiger partial charge in [-0.05, 0) is 13.0 Å². The molecule has 0 spiro atoms. The van der Waals surface area contributed by atoms with Crippen molar-refractivity contribution in [2.24, 2.45) is 4.99 Å². The fourth-order valence-electron chi connectivity index (χ4n) is 1.36. The number of ether oxygens (including phenoxy) is 1. The highest BCUT2D eigenvalue weighted by Gasteiger charge is 2.19. The molecule has 0 fully saturated rings. The van der Waals surface area contributed by atoms with E-state index in [1.54, 1.807) is 19.2 Å². The molecule has 1 aromatic rings. The van der Waals surface area contributed by atoms with E-state index in [2.05, 4.69) is 10.4 Å². The second kappa shape index (κ2) is 3.74. The number of aliphatic hydroxyl groups is 1. The maximum atomic E-state index is 11.4. The van der Waals surface area contributed by atoms with Crippen molar-refractivity contribution < 1.29 is 14.6 Å². The van der Waals surface area contributed by atoms with Crippen LogP contribution in [0.5, 0.6) is 0 Å². The van der Waals surface area contributed by atoms with Crippen molar-refractivity contribution >= 4 is 12.3 Å². The number of nitrogens with one attached hydrogen (secondary N) is 1. The Labute approximate surface area is 86.2 Å². The number of fused-ring (bicyclic) bond motifs is 1. The van der Waals surface area contributed by atoms with Crippen LogP contribution >= 0.6 is 0 Å². The fourth-order valence-corrected chi connectivity index (χ4v) is 1.36. The highest BCUT2D eigenvalue weighted by Crippen LogP contribution is 2.19. The molecule has 1 aliphatic heterocycles. The Kier molecular flexibility index (Phi) is 2.42. The van der Waals surface area contributed by atoms with Crippen molar-refractivity contribution in [3.8, 4) is 0 Å². The smallest absolute Gasteiger partial charge is 0.339 e. The third-order valence-corrected chi connectivity index (χ3v) is 2.04. The van der Waals surface area contributed by atoms with Gasteiger partial charge in [-0.15, -0.1) is 0 Å². The molecule has 2 heterocycles. The van der Waals surface area contributed by atoms with Crippen LogP contribution < -0.4 is 5.43 Å². The molecule has 1 aromatic heterocycles. The first-order valence-corrected chi connectivity index (χ1v) is 4.58. The maximum absolute atomic E-state index is 11.4. The van der Waals surface area contributed by atoms with Crippen LogP contribution in [0.1, 0.15) is 29.2 Å². The maximum Gasteiger partial charge on any atom is 0.339 e. The number of carbonyl (C=O) groups excluding carboxylic acids is 1. The predicted molar refractivity (Wildman–Crippen MR) is 53.2 cm³/mol. The summed E-state index contributed by atoms with van der Waals surface area (Å²) in [5, 5.41) is 9.48. The molecule has 1 aliphatic rings. The fraction of sp³-hybridized carbons (Fsp3) is 0.333. The van der Waals surface area contributed by atoms with E-state index in [1.807, 2.05) is 0 Å². The second-order valence-electron chi connectivity index (χ2n) is 3.03. The second-order valence-corrected chi connectivity index (χ2v) is 3.03. The first-order valence-electron chi connectivity index (χ1n) is 4.58. The molecule has 0 aromatic carbocycles. The van der Waals surface area contributed by atoms with Crippen LogP contribution in [0.25, 0.3) is 0 Å². The van der Waals surface area contributed by atoms with Gasteiger partial charge in [-0.2, -0.15) is 0 Å².